The summed E-state index contributed by atoms with van der Waals surface area (Å²) in [5.41, 5.74) is -0.691. The van der Waals surface area contributed by atoms with Gasteiger partial charge in [0, 0.05) is 6.07 Å². The minimum atomic E-state index is -4.58. The smallest absolute Gasteiger partial charge is 0.433 e. The molecule has 0 atom stereocenters. The number of hydrogen-bond acceptors (Lipinski definition) is 5. The molecule has 0 aliphatic carbocycles. The fourth-order valence-electron chi connectivity index (χ4n) is 1.51. The lowest BCUT2D eigenvalue weighted by atomic mass is 10.2. The van der Waals surface area contributed by atoms with Crippen LogP contribution in [0.3, 0.4) is 0 Å². The molecule has 2 aromatic rings. The number of nitrogens with zero attached hydrogens (tertiary/aromatic N) is 3. The molecule has 0 amide bonds. The molecular formula is C13H9F3N4O. The van der Waals surface area contributed by atoms with Gasteiger partial charge in [0.1, 0.15) is 17.6 Å². The maximum Gasteiger partial charge on any atom is 0.433 e. The van der Waals surface area contributed by atoms with Gasteiger partial charge in [-0.3, -0.25) is 0 Å². The maximum absolute atomic E-state index is 12.6. The molecule has 21 heavy (non-hydrogen) atoms. The molecule has 108 valence electrons. The summed E-state index contributed by atoms with van der Waals surface area (Å²) in [6.45, 7) is 0. The summed E-state index contributed by atoms with van der Waals surface area (Å²) in [5.74, 6) is 0.178. The van der Waals surface area contributed by atoms with Crippen LogP contribution in [0.25, 0.3) is 0 Å². The van der Waals surface area contributed by atoms with Crippen LogP contribution >= 0.6 is 0 Å². The highest BCUT2D eigenvalue weighted by atomic mass is 19.4. The number of rotatable bonds is 3. The van der Waals surface area contributed by atoms with Crippen molar-refractivity contribution >= 4 is 11.5 Å². The van der Waals surface area contributed by atoms with Crippen molar-refractivity contribution in [3.63, 3.8) is 0 Å². The normalized spacial score (nSPS) is 10.8. The quantitative estimate of drug-likeness (QED) is 0.941. The Morgan fingerprint density at radius 2 is 2.00 bits per heavy atom. The van der Waals surface area contributed by atoms with E-state index in [-0.39, 0.29) is 11.4 Å². The first-order valence-corrected chi connectivity index (χ1v) is 5.69. The van der Waals surface area contributed by atoms with E-state index in [0.29, 0.717) is 11.6 Å². The van der Waals surface area contributed by atoms with E-state index in [4.69, 9.17) is 10.00 Å². The van der Waals surface area contributed by atoms with Gasteiger partial charge in [0.15, 0.2) is 0 Å². The second-order valence-corrected chi connectivity index (χ2v) is 3.92. The third-order valence-electron chi connectivity index (χ3n) is 2.51. The fraction of sp³-hybridized carbons (Fsp3) is 0.154. The summed E-state index contributed by atoms with van der Waals surface area (Å²) in [4.78, 5) is 7.34. The number of halogens is 3. The molecular weight excluding hydrogens is 285 g/mol. The molecule has 2 rings (SSSR count). The van der Waals surface area contributed by atoms with Crippen molar-refractivity contribution in [2.75, 3.05) is 12.4 Å². The van der Waals surface area contributed by atoms with Gasteiger partial charge in [0.25, 0.3) is 0 Å². The van der Waals surface area contributed by atoms with Crippen LogP contribution in [0.1, 0.15) is 11.3 Å². The fourth-order valence-corrected chi connectivity index (χ4v) is 1.51. The zero-order valence-corrected chi connectivity index (χ0v) is 10.8. The van der Waals surface area contributed by atoms with Crippen LogP contribution in [-0.4, -0.2) is 17.1 Å². The molecule has 0 radical (unpaired) electrons. The lowest BCUT2D eigenvalue weighted by molar-refractivity contribution is -0.141. The SMILES string of the molecule is COc1ccc(Nc2nc(C(F)(F)F)ccc2C#N)cn1. The highest BCUT2D eigenvalue weighted by Gasteiger charge is 2.33. The molecule has 8 heteroatoms. The van der Waals surface area contributed by atoms with Gasteiger partial charge in [-0.05, 0) is 18.2 Å². The van der Waals surface area contributed by atoms with E-state index >= 15 is 0 Å². The molecule has 0 aromatic carbocycles. The van der Waals surface area contributed by atoms with Crippen molar-refractivity contribution in [2.45, 2.75) is 6.18 Å². The number of nitrogens with one attached hydrogen (secondary N) is 1. The number of ether oxygens (including phenoxy) is 1. The molecule has 0 bridgehead atoms. The van der Waals surface area contributed by atoms with Crippen molar-refractivity contribution in [1.82, 2.24) is 9.97 Å². The second-order valence-electron chi connectivity index (χ2n) is 3.92. The van der Waals surface area contributed by atoms with Gasteiger partial charge < -0.3 is 10.1 Å². The molecule has 0 saturated carbocycles. The standard InChI is InChI=1S/C13H9F3N4O/c1-21-11-5-3-9(7-18-11)19-12-8(6-17)2-4-10(20-12)13(14,15)16/h2-5,7H,1H3,(H,19,20). The number of hydrogen-bond donors (Lipinski definition) is 1. The van der Waals surface area contributed by atoms with Gasteiger partial charge in [0.05, 0.1) is 24.6 Å². The van der Waals surface area contributed by atoms with Gasteiger partial charge >= 0.3 is 6.18 Å². The zero-order valence-electron chi connectivity index (χ0n) is 10.8. The average molecular weight is 294 g/mol. The van der Waals surface area contributed by atoms with E-state index in [1.54, 1.807) is 12.1 Å². The largest absolute Gasteiger partial charge is 0.481 e. The third-order valence-corrected chi connectivity index (χ3v) is 2.51. The number of alkyl halides is 3. The van der Waals surface area contributed by atoms with Crippen LogP contribution in [0.15, 0.2) is 30.5 Å². The van der Waals surface area contributed by atoms with Gasteiger partial charge in [-0.25, -0.2) is 9.97 Å². The zero-order chi connectivity index (χ0) is 15.5. The molecule has 2 aromatic heterocycles. The van der Waals surface area contributed by atoms with E-state index in [9.17, 15) is 13.2 Å². The van der Waals surface area contributed by atoms with Gasteiger partial charge in [0.2, 0.25) is 5.88 Å². The minimum Gasteiger partial charge on any atom is -0.481 e. The van der Waals surface area contributed by atoms with E-state index in [2.05, 4.69) is 15.3 Å². The van der Waals surface area contributed by atoms with Crippen LogP contribution in [0, 0.1) is 11.3 Å². The Morgan fingerprint density at radius 1 is 1.24 bits per heavy atom. The van der Waals surface area contributed by atoms with Crippen molar-refractivity contribution in [3.8, 4) is 11.9 Å². The summed E-state index contributed by atoms with van der Waals surface area (Å²) in [5, 5.41) is 11.6. The molecule has 5 nitrogen and oxygen atoms in total. The first-order chi connectivity index (χ1) is 9.94. The van der Waals surface area contributed by atoms with Crippen LogP contribution in [0.2, 0.25) is 0 Å². The van der Waals surface area contributed by atoms with E-state index < -0.39 is 11.9 Å². The van der Waals surface area contributed by atoms with Crippen LogP contribution in [0.5, 0.6) is 5.88 Å². The van der Waals surface area contributed by atoms with E-state index in [1.807, 2.05) is 0 Å². The third kappa shape index (κ3) is 3.39. The van der Waals surface area contributed by atoms with Gasteiger partial charge in [-0.2, -0.15) is 18.4 Å². The van der Waals surface area contributed by atoms with E-state index in [1.165, 1.54) is 19.4 Å². The van der Waals surface area contributed by atoms with Crippen molar-refractivity contribution < 1.29 is 17.9 Å². The molecule has 1 N–H and O–H groups in total. The lowest BCUT2D eigenvalue weighted by Gasteiger charge is -2.11. The number of nitriles is 1. The molecule has 0 fully saturated rings. The Morgan fingerprint density at radius 3 is 2.52 bits per heavy atom. The Kier molecular flexibility index (Phi) is 3.93. The Bertz CT molecular complexity index is 677. The summed E-state index contributed by atoms with van der Waals surface area (Å²) < 4.78 is 42.8. The average Bonchev–Trinajstić information content (AvgIpc) is 2.47. The topological polar surface area (TPSA) is 70.8 Å². The monoisotopic (exact) mass is 294 g/mol. The molecule has 0 aliphatic heterocycles. The number of aromatic nitrogens is 2. The molecule has 0 aliphatic rings. The maximum atomic E-state index is 12.6. The molecule has 0 saturated heterocycles. The van der Waals surface area contributed by atoms with Crippen LogP contribution in [-0.2, 0) is 6.18 Å². The number of pyridine rings is 2. The second kappa shape index (κ2) is 5.66. The van der Waals surface area contributed by atoms with Crippen LogP contribution < -0.4 is 10.1 Å². The molecule has 0 unspecified atom stereocenters. The summed E-state index contributed by atoms with van der Waals surface area (Å²) in [7, 11) is 1.44. The Balaban J connectivity index is 2.35. The first kappa shape index (κ1) is 14.6. The number of anilines is 2. The molecule has 0 spiro atoms. The summed E-state index contributed by atoms with van der Waals surface area (Å²) >= 11 is 0. The van der Waals surface area contributed by atoms with Crippen molar-refractivity contribution in [3.05, 3.63) is 41.7 Å². The van der Waals surface area contributed by atoms with Crippen molar-refractivity contribution in [1.29, 1.82) is 5.26 Å². The Labute approximate surface area is 118 Å². The lowest BCUT2D eigenvalue weighted by Crippen LogP contribution is -2.10. The van der Waals surface area contributed by atoms with Crippen LogP contribution in [0.4, 0.5) is 24.7 Å². The Hall–Kier alpha value is -2.82. The predicted molar refractivity (Wildman–Crippen MR) is 68.0 cm³/mol. The first-order valence-electron chi connectivity index (χ1n) is 5.69. The van der Waals surface area contributed by atoms with Gasteiger partial charge in [-0.1, -0.05) is 0 Å². The highest BCUT2D eigenvalue weighted by Crippen LogP contribution is 2.30. The van der Waals surface area contributed by atoms with Gasteiger partial charge in [-0.15, -0.1) is 0 Å². The highest BCUT2D eigenvalue weighted by molar-refractivity contribution is 5.62. The minimum absolute atomic E-state index is 0.00109. The predicted octanol–water partition coefficient (Wildman–Crippen LogP) is 3.12. The van der Waals surface area contributed by atoms with E-state index in [0.717, 1.165) is 12.1 Å². The molecule has 2 heterocycles. The summed E-state index contributed by atoms with van der Waals surface area (Å²) in [6.07, 6.45) is -3.22. The number of methoxy groups -OCH3 is 1. The van der Waals surface area contributed by atoms with Crippen molar-refractivity contribution in [2.24, 2.45) is 0 Å². The summed E-state index contributed by atoms with van der Waals surface area (Å²) in [6, 6.07) is 6.68.